The van der Waals surface area contributed by atoms with E-state index in [9.17, 15) is 4.79 Å². The van der Waals surface area contributed by atoms with E-state index in [1.165, 1.54) is 6.33 Å². The third-order valence-electron chi connectivity index (χ3n) is 4.06. The number of aliphatic imine (C=N–C) groups is 1. The molecule has 1 fully saturated rings. The number of ketones is 1. The van der Waals surface area contributed by atoms with Crippen LogP contribution in [0.15, 0.2) is 29.8 Å². The van der Waals surface area contributed by atoms with Gasteiger partial charge in [0.2, 0.25) is 0 Å². The summed E-state index contributed by atoms with van der Waals surface area (Å²) in [6, 6.07) is 0.0193. The summed E-state index contributed by atoms with van der Waals surface area (Å²) in [4.78, 5) is 34.0. The molecule has 2 aromatic rings. The molecule has 0 aliphatic carbocycles. The maximum Gasteiger partial charge on any atom is 0.182 e. The molecule has 1 N–H and O–H groups in total. The zero-order valence-electron chi connectivity index (χ0n) is 11.3. The molecule has 0 amide bonds. The Hall–Kier alpha value is -2.57. The molecule has 106 valence electrons. The lowest BCUT2D eigenvalue weighted by Gasteiger charge is -2.42. The summed E-state index contributed by atoms with van der Waals surface area (Å²) in [6.45, 7) is 0.927. The van der Waals surface area contributed by atoms with Gasteiger partial charge < -0.3 is 9.88 Å². The highest BCUT2D eigenvalue weighted by molar-refractivity contribution is 6.00. The van der Waals surface area contributed by atoms with Crippen molar-refractivity contribution in [2.45, 2.75) is 24.9 Å². The van der Waals surface area contributed by atoms with Crippen LogP contribution in [0, 0.1) is 0 Å². The number of aromatic amines is 1. The van der Waals surface area contributed by atoms with E-state index in [0.717, 1.165) is 30.7 Å². The maximum absolute atomic E-state index is 11.8. The van der Waals surface area contributed by atoms with Gasteiger partial charge in [0.25, 0.3) is 0 Å². The molecule has 0 radical (unpaired) electrons. The summed E-state index contributed by atoms with van der Waals surface area (Å²) in [5.74, 6) is 0.940. The van der Waals surface area contributed by atoms with E-state index in [-0.39, 0.29) is 17.9 Å². The molecule has 7 heteroatoms. The molecular weight excluding hydrogens is 268 g/mol. The maximum atomic E-state index is 11.8. The molecule has 1 saturated heterocycles. The first-order chi connectivity index (χ1) is 10.3. The predicted octanol–water partition coefficient (Wildman–Crippen LogP) is 0.900. The van der Waals surface area contributed by atoms with E-state index < -0.39 is 0 Å². The monoisotopic (exact) mass is 282 g/mol. The number of aromatic nitrogens is 4. The number of anilines is 1. The average Bonchev–Trinajstić information content (AvgIpc) is 2.95. The highest BCUT2D eigenvalue weighted by atomic mass is 16.1. The van der Waals surface area contributed by atoms with Gasteiger partial charge in [-0.15, -0.1) is 0 Å². The van der Waals surface area contributed by atoms with Crippen LogP contribution in [-0.2, 0) is 4.79 Å². The van der Waals surface area contributed by atoms with Crippen molar-refractivity contribution < 1.29 is 4.79 Å². The molecule has 4 heterocycles. The smallest absolute Gasteiger partial charge is 0.182 e. The van der Waals surface area contributed by atoms with Crippen molar-refractivity contribution in [1.29, 1.82) is 0 Å². The third kappa shape index (κ3) is 2.01. The number of nitrogens with one attached hydrogen (secondary N) is 1. The molecule has 2 atom stereocenters. The Morgan fingerprint density at radius 1 is 1.33 bits per heavy atom. The third-order valence-corrected chi connectivity index (χ3v) is 4.06. The van der Waals surface area contributed by atoms with E-state index >= 15 is 0 Å². The van der Waals surface area contributed by atoms with Crippen molar-refractivity contribution in [3.8, 4) is 0 Å². The van der Waals surface area contributed by atoms with Crippen molar-refractivity contribution in [3.05, 3.63) is 24.8 Å². The Labute approximate surface area is 120 Å². The first-order valence-electron chi connectivity index (χ1n) is 6.97. The number of imidazole rings is 1. The number of rotatable bonds is 3. The fourth-order valence-corrected chi connectivity index (χ4v) is 2.85. The second kappa shape index (κ2) is 4.76. The van der Waals surface area contributed by atoms with E-state index in [1.54, 1.807) is 24.7 Å². The zero-order valence-corrected chi connectivity index (χ0v) is 11.3. The number of hydrogen-bond donors (Lipinski definition) is 1. The van der Waals surface area contributed by atoms with Crippen molar-refractivity contribution >= 4 is 29.0 Å². The van der Waals surface area contributed by atoms with E-state index in [4.69, 9.17) is 0 Å². The van der Waals surface area contributed by atoms with Crippen LogP contribution in [0.1, 0.15) is 12.8 Å². The molecule has 0 saturated carbocycles. The molecule has 21 heavy (non-hydrogen) atoms. The van der Waals surface area contributed by atoms with Crippen LogP contribution in [0.5, 0.6) is 0 Å². The topological polar surface area (TPSA) is 87.1 Å². The van der Waals surface area contributed by atoms with Gasteiger partial charge in [-0.1, -0.05) is 0 Å². The Kier molecular flexibility index (Phi) is 2.77. The van der Waals surface area contributed by atoms with Gasteiger partial charge in [0.1, 0.15) is 17.9 Å². The summed E-state index contributed by atoms with van der Waals surface area (Å²) in [7, 11) is 0. The largest absolute Gasteiger partial charge is 0.351 e. The average molecular weight is 282 g/mol. The summed E-state index contributed by atoms with van der Waals surface area (Å²) < 4.78 is 0. The van der Waals surface area contributed by atoms with Crippen LogP contribution in [-0.4, -0.2) is 50.6 Å². The van der Waals surface area contributed by atoms with Crippen LogP contribution < -0.4 is 4.90 Å². The Bertz CT molecular complexity index is 749. The van der Waals surface area contributed by atoms with Crippen LogP contribution in [0.25, 0.3) is 11.2 Å². The normalized spacial score (nSPS) is 24.6. The summed E-state index contributed by atoms with van der Waals surface area (Å²) in [5, 5.41) is 0. The molecule has 2 aliphatic heterocycles. The molecular formula is C14H14N6O. The number of carbonyl (C=O) groups excluding carboxylic acids is 1. The Balaban J connectivity index is 1.57. The quantitative estimate of drug-likeness (QED) is 0.903. The van der Waals surface area contributed by atoms with Crippen LogP contribution in [0.4, 0.5) is 5.82 Å². The van der Waals surface area contributed by atoms with Crippen molar-refractivity contribution in [2.75, 3.05) is 11.4 Å². The van der Waals surface area contributed by atoms with Gasteiger partial charge >= 0.3 is 0 Å². The van der Waals surface area contributed by atoms with Gasteiger partial charge in [0, 0.05) is 18.8 Å². The van der Waals surface area contributed by atoms with Gasteiger partial charge in [-0.2, -0.15) is 0 Å². The van der Waals surface area contributed by atoms with Gasteiger partial charge in [-0.25, -0.2) is 15.0 Å². The minimum atomic E-state index is -0.262. The van der Waals surface area contributed by atoms with Gasteiger partial charge in [0.05, 0.1) is 6.33 Å². The van der Waals surface area contributed by atoms with Crippen molar-refractivity contribution in [2.24, 2.45) is 4.99 Å². The number of allylic oxidation sites excluding steroid dienone is 1. The number of dihydropyridines is 1. The van der Waals surface area contributed by atoms with E-state index in [1.807, 2.05) is 0 Å². The fourth-order valence-electron chi connectivity index (χ4n) is 2.85. The zero-order chi connectivity index (χ0) is 14.2. The first kappa shape index (κ1) is 12.2. The van der Waals surface area contributed by atoms with Crippen LogP contribution >= 0.6 is 0 Å². The number of fused-ring (bicyclic) bond motifs is 1. The Morgan fingerprint density at radius 2 is 2.29 bits per heavy atom. The van der Waals surface area contributed by atoms with Gasteiger partial charge in [0.15, 0.2) is 17.2 Å². The van der Waals surface area contributed by atoms with Crippen LogP contribution in [0.2, 0.25) is 0 Å². The van der Waals surface area contributed by atoms with Crippen LogP contribution in [0.3, 0.4) is 0 Å². The lowest BCUT2D eigenvalue weighted by Crippen LogP contribution is -2.50. The standard InChI is InChI=1S/C14H14N6O/c21-11-2-1-4-15-10(11)6-9-3-5-20(9)14-12-13(17-7-16-12)18-8-19-14/h1-2,4,7-10H,3,5-6H2,(H,16,17,18,19). The lowest BCUT2D eigenvalue weighted by molar-refractivity contribution is -0.116. The van der Waals surface area contributed by atoms with Gasteiger partial charge in [-0.05, 0) is 25.0 Å². The van der Waals surface area contributed by atoms with Crippen molar-refractivity contribution in [3.63, 3.8) is 0 Å². The molecule has 2 aliphatic rings. The lowest BCUT2D eigenvalue weighted by atomic mass is 9.93. The predicted molar refractivity (Wildman–Crippen MR) is 78.5 cm³/mol. The van der Waals surface area contributed by atoms with E-state index in [2.05, 4.69) is 29.8 Å². The summed E-state index contributed by atoms with van der Waals surface area (Å²) >= 11 is 0. The number of hydrogen-bond acceptors (Lipinski definition) is 6. The SMILES string of the molecule is O=C1C=CC=NC1CC1CCN1c1ncnc2nc[nH]c12. The Morgan fingerprint density at radius 3 is 3.10 bits per heavy atom. The minimum Gasteiger partial charge on any atom is -0.351 e. The molecule has 0 spiro atoms. The van der Waals surface area contributed by atoms with Crippen molar-refractivity contribution in [1.82, 2.24) is 19.9 Å². The second-order valence-corrected chi connectivity index (χ2v) is 5.25. The molecule has 0 aromatic carbocycles. The summed E-state index contributed by atoms with van der Waals surface area (Å²) in [5.41, 5.74) is 1.51. The van der Waals surface area contributed by atoms with Gasteiger partial charge in [-0.3, -0.25) is 9.79 Å². The number of nitrogens with zero attached hydrogens (tertiary/aromatic N) is 5. The molecule has 4 rings (SSSR count). The number of H-pyrrole nitrogens is 1. The minimum absolute atomic E-state index is 0.0822. The first-order valence-corrected chi connectivity index (χ1v) is 6.97. The number of carbonyl (C=O) groups is 1. The highest BCUT2D eigenvalue weighted by Gasteiger charge is 2.34. The highest BCUT2D eigenvalue weighted by Crippen LogP contribution is 2.31. The summed E-state index contributed by atoms with van der Waals surface area (Å²) in [6.07, 6.45) is 9.90. The molecule has 2 unspecified atom stereocenters. The molecule has 0 bridgehead atoms. The molecule has 2 aromatic heterocycles. The fraction of sp³-hybridized carbons (Fsp3) is 0.357. The van der Waals surface area contributed by atoms with E-state index in [0.29, 0.717) is 5.65 Å². The molecule has 7 nitrogen and oxygen atoms in total. The second-order valence-electron chi connectivity index (χ2n) is 5.25.